The molecule has 0 saturated heterocycles. The molecule has 34 heavy (non-hydrogen) atoms. The lowest BCUT2D eigenvalue weighted by molar-refractivity contribution is -0.130. The van der Waals surface area contributed by atoms with Gasteiger partial charge in [0.25, 0.3) is 11.8 Å². The average molecular weight is 472 g/mol. The van der Waals surface area contributed by atoms with E-state index in [2.05, 4.69) is 15.8 Å². The minimum absolute atomic E-state index is 0.174. The smallest absolute Gasteiger partial charge is 0.262 e. The molecule has 0 bridgehead atoms. The molecule has 2 aromatic rings. The number of rotatable bonds is 12. The van der Waals surface area contributed by atoms with Crippen molar-refractivity contribution in [1.29, 1.82) is 0 Å². The summed E-state index contributed by atoms with van der Waals surface area (Å²) in [6, 6.07) is 10.1. The number of methoxy groups -OCH3 is 3. The van der Waals surface area contributed by atoms with Crippen molar-refractivity contribution in [3.8, 4) is 23.0 Å². The SMILES string of the molecule is COc1cc(/C=N\NC(=O)[C@@H](CC(C)C)NC(=O)COc2ccccc2C)cc(OC)c1OC. The first kappa shape index (κ1) is 26.5. The van der Waals surface area contributed by atoms with Crippen molar-refractivity contribution in [1.82, 2.24) is 10.7 Å². The molecule has 0 aliphatic heterocycles. The lowest BCUT2D eigenvalue weighted by Crippen LogP contribution is -2.47. The van der Waals surface area contributed by atoms with E-state index < -0.39 is 17.9 Å². The topological polar surface area (TPSA) is 107 Å². The van der Waals surface area contributed by atoms with Gasteiger partial charge in [0.15, 0.2) is 18.1 Å². The fraction of sp³-hybridized carbons (Fsp3) is 0.400. The van der Waals surface area contributed by atoms with Gasteiger partial charge in [-0.2, -0.15) is 5.10 Å². The van der Waals surface area contributed by atoms with Crippen LogP contribution in [0.2, 0.25) is 0 Å². The van der Waals surface area contributed by atoms with Crippen LogP contribution in [0, 0.1) is 12.8 Å². The molecular weight excluding hydrogens is 438 g/mol. The molecular formula is C25H33N3O6. The fourth-order valence-corrected chi connectivity index (χ4v) is 3.22. The van der Waals surface area contributed by atoms with Gasteiger partial charge in [0.05, 0.1) is 27.5 Å². The first-order valence-corrected chi connectivity index (χ1v) is 10.9. The summed E-state index contributed by atoms with van der Waals surface area (Å²) in [5, 5.41) is 6.76. The van der Waals surface area contributed by atoms with Gasteiger partial charge in [-0.05, 0) is 43.0 Å². The van der Waals surface area contributed by atoms with Crippen molar-refractivity contribution >= 4 is 18.0 Å². The second kappa shape index (κ2) is 13.1. The highest BCUT2D eigenvalue weighted by atomic mass is 16.5. The molecule has 2 aromatic carbocycles. The minimum atomic E-state index is -0.759. The molecule has 9 heteroatoms. The summed E-state index contributed by atoms with van der Waals surface area (Å²) < 4.78 is 21.5. The number of benzene rings is 2. The Morgan fingerprint density at radius 3 is 2.21 bits per heavy atom. The first-order chi connectivity index (χ1) is 16.3. The molecule has 0 unspecified atom stereocenters. The summed E-state index contributed by atoms with van der Waals surface area (Å²) in [6.07, 6.45) is 1.90. The molecule has 1 atom stereocenters. The molecule has 0 saturated carbocycles. The predicted octanol–water partition coefficient (Wildman–Crippen LogP) is 3.08. The van der Waals surface area contributed by atoms with Gasteiger partial charge in [0, 0.05) is 5.56 Å². The van der Waals surface area contributed by atoms with Gasteiger partial charge in [0.2, 0.25) is 5.75 Å². The van der Waals surface area contributed by atoms with E-state index in [9.17, 15) is 9.59 Å². The Morgan fingerprint density at radius 2 is 1.65 bits per heavy atom. The molecule has 0 fully saturated rings. The molecule has 9 nitrogen and oxygen atoms in total. The molecule has 0 radical (unpaired) electrons. The van der Waals surface area contributed by atoms with Gasteiger partial charge < -0.3 is 24.3 Å². The Bertz CT molecular complexity index is 981. The van der Waals surface area contributed by atoms with E-state index in [1.165, 1.54) is 27.5 Å². The van der Waals surface area contributed by atoms with Crippen LogP contribution in [0.4, 0.5) is 0 Å². The quantitative estimate of drug-likeness (QED) is 0.364. The van der Waals surface area contributed by atoms with Crippen LogP contribution in [-0.2, 0) is 9.59 Å². The Balaban J connectivity index is 2.03. The number of nitrogens with zero attached hydrogens (tertiary/aromatic N) is 1. The highest BCUT2D eigenvalue weighted by Crippen LogP contribution is 2.37. The van der Waals surface area contributed by atoms with E-state index in [0.29, 0.717) is 35.0 Å². The summed E-state index contributed by atoms with van der Waals surface area (Å²) in [4.78, 5) is 25.2. The molecule has 2 rings (SSSR count). The molecule has 184 valence electrons. The van der Waals surface area contributed by atoms with Crippen LogP contribution in [0.15, 0.2) is 41.5 Å². The third-order valence-corrected chi connectivity index (χ3v) is 4.89. The van der Waals surface area contributed by atoms with Crippen molar-refractivity contribution in [3.63, 3.8) is 0 Å². The van der Waals surface area contributed by atoms with E-state index in [0.717, 1.165) is 5.56 Å². The Labute approximate surface area is 200 Å². The molecule has 2 amide bonds. The van der Waals surface area contributed by atoms with Crippen LogP contribution in [0.1, 0.15) is 31.4 Å². The zero-order valence-corrected chi connectivity index (χ0v) is 20.5. The maximum atomic E-state index is 12.7. The van der Waals surface area contributed by atoms with Crippen molar-refractivity contribution < 1.29 is 28.5 Å². The van der Waals surface area contributed by atoms with E-state index in [1.54, 1.807) is 18.2 Å². The zero-order valence-electron chi connectivity index (χ0n) is 20.5. The first-order valence-electron chi connectivity index (χ1n) is 10.9. The van der Waals surface area contributed by atoms with Crippen molar-refractivity contribution in [3.05, 3.63) is 47.5 Å². The Morgan fingerprint density at radius 1 is 1.00 bits per heavy atom. The van der Waals surface area contributed by atoms with Crippen LogP contribution in [0.25, 0.3) is 0 Å². The molecule has 0 spiro atoms. The van der Waals surface area contributed by atoms with Gasteiger partial charge >= 0.3 is 0 Å². The van der Waals surface area contributed by atoms with E-state index in [4.69, 9.17) is 18.9 Å². The van der Waals surface area contributed by atoms with Gasteiger partial charge in [-0.3, -0.25) is 9.59 Å². The van der Waals surface area contributed by atoms with Crippen LogP contribution in [-0.4, -0.2) is 52.0 Å². The monoisotopic (exact) mass is 471 g/mol. The van der Waals surface area contributed by atoms with E-state index >= 15 is 0 Å². The number of para-hydroxylation sites is 1. The minimum Gasteiger partial charge on any atom is -0.493 e. The second-order valence-corrected chi connectivity index (χ2v) is 8.00. The number of hydrazone groups is 1. The van der Waals surface area contributed by atoms with Crippen molar-refractivity contribution in [2.75, 3.05) is 27.9 Å². The summed E-state index contributed by atoms with van der Waals surface area (Å²) in [5.41, 5.74) is 4.04. The summed E-state index contributed by atoms with van der Waals surface area (Å²) in [5.74, 6) is 1.37. The average Bonchev–Trinajstić information content (AvgIpc) is 2.82. The zero-order chi connectivity index (χ0) is 25.1. The van der Waals surface area contributed by atoms with Gasteiger partial charge in [-0.1, -0.05) is 32.0 Å². The molecule has 0 aromatic heterocycles. The maximum Gasteiger partial charge on any atom is 0.262 e. The standard InChI is InChI=1S/C25H33N3O6/c1-16(2)11-19(27-23(29)15-34-20-10-8-7-9-17(20)3)25(30)28-26-14-18-12-21(31-4)24(33-6)22(13-18)32-5/h7-10,12-14,16,19H,11,15H2,1-6H3,(H,27,29)(H,28,30)/b26-14-/t19-/m1/s1. The van der Waals surface area contributed by atoms with Gasteiger partial charge in [-0.25, -0.2) is 5.43 Å². The lowest BCUT2D eigenvalue weighted by Gasteiger charge is -2.19. The predicted molar refractivity (Wildman–Crippen MR) is 130 cm³/mol. The van der Waals surface area contributed by atoms with Crippen LogP contribution in [0.5, 0.6) is 23.0 Å². The van der Waals surface area contributed by atoms with Crippen LogP contribution < -0.4 is 29.7 Å². The largest absolute Gasteiger partial charge is 0.493 e. The second-order valence-electron chi connectivity index (χ2n) is 8.00. The van der Waals surface area contributed by atoms with Gasteiger partial charge in [0.1, 0.15) is 11.8 Å². The molecule has 0 heterocycles. The highest BCUT2D eigenvalue weighted by Gasteiger charge is 2.22. The fourth-order valence-electron chi connectivity index (χ4n) is 3.22. The summed E-state index contributed by atoms with van der Waals surface area (Å²) in [6.45, 7) is 5.64. The van der Waals surface area contributed by atoms with E-state index in [-0.39, 0.29) is 12.5 Å². The maximum absolute atomic E-state index is 12.7. The number of ether oxygens (including phenoxy) is 4. The number of hydrogen-bond acceptors (Lipinski definition) is 7. The van der Waals surface area contributed by atoms with Crippen LogP contribution in [0.3, 0.4) is 0 Å². The highest BCUT2D eigenvalue weighted by molar-refractivity contribution is 5.89. The summed E-state index contributed by atoms with van der Waals surface area (Å²) in [7, 11) is 4.55. The number of carbonyl (C=O) groups excluding carboxylic acids is 2. The third-order valence-electron chi connectivity index (χ3n) is 4.89. The molecule has 2 N–H and O–H groups in total. The third kappa shape index (κ3) is 7.68. The lowest BCUT2D eigenvalue weighted by atomic mass is 10.0. The number of nitrogens with one attached hydrogen (secondary N) is 2. The van der Waals surface area contributed by atoms with Crippen molar-refractivity contribution in [2.24, 2.45) is 11.0 Å². The number of carbonyl (C=O) groups is 2. The summed E-state index contributed by atoms with van der Waals surface area (Å²) >= 11 is 0. The Kier molecular flexibility index (Phi) is 10.2. The number of hydrogen-bond donors (Lipinski definition) is 2. The van der Waals surface area contributed by atoms with Crippen LogP contribution >= 0.6 is 0 Å². The van der Waals surface area contributed by atoms with Crippen molar-refractivity contribution in [2.45, 2.75) is 33.2 Å². The molecule has 0 aliphatic carbocycles. The van der Waals surface area contributed by atoms with Gasteiger partial charge in [-0.15, -0.1) is 0 Å². The normalized spacial score (nSPS) is 11.7. The molecule has 0 aliphatic rings. The number of aryl methyl sites for hydroxylation is 1. The van der Waals surface area contributed by atoms with E-state index in [1.807, 2.05) is 39.0 Å². The number of amides is 2. The Hall–Kier alpha value is -3.75.